The van der Waals surface area contributed by atoms with Crippen LogP contribution in [0, 0.1) is 11.3 Å². The molecular weight excluding hydrogens is 336 g/mol. The Kier molecular flexibility index (Phi) is 6.34. The molecule has 7 nitrogen and oxygen atoms in total. The molecule has 1 aromatic carbocycles. The molecule has 2 rings (SSSR count). The first kappa shape index (κ1) is 18.5. The molecule has 1 heterocycles. The van der Waals surface area contributed by atoms with Crippen molar-refractivity contribution in [2.24, 2.45) is 0 Å². The van der Waals surface area contributed by atoms with E-state index in [0.717, 1.165) is 0 Å². The molecule has 0 atom stereocenters. The average Bonchev–Trinajstić information content (AvgIpc) is 3.19. The predicted molar refractivity (Wildman–Crippen MR) is 93.5 cm³/mol. The van der Waals surface area contributed by atoms with Crippen LogP contribution < -0.4 is 14.8 Å². The van der Waals surface area contributed by atoms with Crippen molar-refractivity contribution >= 4 is 18.0 Å². The molecule has 0 spiro atoms. The minimum Gasteiger partial charge on any atom is -0.493 e. The summed E-state index contributed by atoms with van der Waals surface area (Å²) in [4.78, 5) is 23.8. The van der Waals surface area contributed by atoms with Crippen molar-refractivity contribution in [2.45, 2.75) is 0 Å². The Morgan fingerprint density at radius 1 is 1.35 bits per heavy atom. The Bertz CT molecular complexity index is 876. The monoisotopic (exact) mass is 352 g/mol. The summed E-state index contributed by atoms with van der Waals surface area (Å²) in [7, 11) is 1.41. The fourth-order valence-corrected chi connectivity index (χ4v) is 1.98. The van der Waals surface area contributed by atoms with Crippen molar-refractivity contribution in [3.05, 3.63) is 66.1 Å². The van der Waals surface area contributed by atoms with Gasteiger partial charge in [0, 0.05) is 6.54 Å². The molecule has 2 aromatic rings. The van der Waals surface area contributed by atoms with E-state index in [1.165, 1.54) is 37.7 Å². The van der Waals surface area contributed by atoms with Gasteiger partial charge in [-0.05, 0) is 35.9 Å². The van der Waals surface area contributed by atoms with Gasteiger partial charge in [-0.25, -0.2) is 4.79 Å². The Balaban J connectivity index is 2.23. The van der Waals surface area contributed by atoms with Gasteiger partial charge in [0.25, 0.3) is 5.91 Å². The topological polar surface area (TPSA) is 102 Å². The largest absolute Gasteiger partial charge is 0.493 e. The molecule has 1 aromatic heterocycles. The zero-order chi connectivity index (χ0) is 18.9. The summed E-state index contributed by atoms with van der Waals surface area (Å²) in [5.74, 6) is -0.678. The maximum atomic E-state index is 12.0. The van der Waals surface area contributed by atoms with Crippen LogP contribution in [0.5, 0.6) is 11.5 Å². The second kappa shape index (κ2) is 8.89. The van der Waals surface area contributed by atoms with Crippen LogP contribution in [0.2, 0.25) is 0 Å². The molecular formula is C19H16N2O5. The molecule has 0 fully saturated rings. The standard InChI is InChI=1S/C19H16N2O5/c1-3-8-21-18(22)14(12-20)10-13-6-7-15(17(11-13)24-2)26-19(23)16-5-4-9-25-16/h3-7,9-11H,1,8H2,2H3,(H,21,22)/b14-10+. The molecule has 0 aliphatic rings. The van der Waals surface area contributed by atoms with Gasteiger partial charge < -0.3 is 19.2 Å². The van der Waals surface area contributed by atoms with Crippen LogP contribution in [0.3, 0.4) is 0 Å². The molecule has 0 bridgehead atoms. The van der Waals surface area contributed by atoms with E-state index in [-0.39, 0.29) is 29.4 Å². The average molecular weight is 352 g/mol. The summed E-state index contributed by atoms with van der Waals surface area (Å²) in [6, 6.07) is 9.52. The van der Waals surface area contributed by atoms with Crippen LogP contribution in [-0.4, -0.2) is 25.5 Å². The van der Waals surface area contributed by atoms with Crippen molar-refractivity contribution in [1.29, 1.82) is 5.26 Å². The number of esters is 1. The van der Waals surface area contributed by atoms with Crippen molar-refractivity contribution in [1.82, 2.24) is 5.32 Å². The fraction of sp³-hybridized carbons (Fsp3) is 0.105. The lowest BCUT2D eigenvalue weighted by atomic mass is 10.1. The van der Waals surface area contributed by atoms with Gasteiger partial charge in [-0.15, -0.1) is 6.58 Å². The summed E-state index contributed by atoms with van der Waals surface area (Å²) >= 11 is 0. The lowest BCUT2D eigenvalue weighted by molar-refractivity contribution is -0.116. The number of nitrogens with one attached hydrogen (secondary N) is 1. The molecule has 0 radical (unpaired) electrons. The molecule has 26 heavy (non-hydrogen) atoms. The minimum atomic E-state index is -0.668. The van der Waals surface area contributed by atoms with Gasteiger partial charge in [0.15, 0.2) is 11.5 Å². The van der Waals surface area contributed by atoms with Crippen LogP contribution in [0.1, 0.15) is 16.1 Å². The highest BCUT2D eigenvalue weighted by atomic mass is 16.6. The normalized spacial score (nSPS) is 10.5. The molecule has 132 valence electrons. The van der Waals surface area contributed by atoms with Crippen LogP contribution >= 0.6 is 0 Å². The van der Waals surface area contributed by atoms with E-state index in [9.17, 15) is 9.59 Å². The summed E-state index contributed by atoms with van der Waals surface area (Å²) in [5, 5.41) is 11.7. The first-order chi connectivity index (χ1) is 12.6. The third kappa shape index (κ3) is 4.61. The molecule has 0 saturated carbocycles. The van der Waals surface area contributed by atoms with Crippen molar-refractivity contribution < 1.29 is 23.5 Å². The Labute approximate surface area is 150 Å². The second-order valence-corrected chi connectivity index (χ2v) is 4.95. The number of hydrogen-bond acceptors (Lipinski definition) is 6. The smallest absolute Gasteiger partial charge is 0.379 e. The van der Waals surface area contributed by atoms with Gasteiger partial charge in [-0.1, -0.05) is 12.1 Å². The van der Waals surface area contributed by atoms with E-state index in [0.29, 0.717) is 5.56 Å². The number of carbonyl (C=O) groups excluding carboxylic acids is 2. The Morgan fingerprint density at radius 2 is 2.15 bits per heavy atom. The minimum absolute atomic E-state index is 0.0571. The molecule has 1 N–H and O–H groups in total. The van der Waals surface area contributed by atoms with Gasteiger partial charge in [0.2, 0.25) is 5.76 Å². The highest BCUT2D eigenvalue weighted by molar-refractivity contribution is 6.01. The van der Waals surface area contributed by atoms with Gasteiger partial charge in [0.05, 0.1) is 13.4 Å². The predicted octanol–water partition coefficient (Wildman–Crippen LogP) is 2.72. The number of rotatable bonds is 7. The summed E-state index contributed by atoms with van der Waals surface area (Å²) in [6.07, 6.45) is 4.28. The molecule has 7 heteroatoms. The van der Waals surface area contributed by atoms with Gasteiger partial charge in [-0.2, -0.15) is 5.26 Å². The molecule has 0 aliphatic carbocycles. The zero-order valence-electron chi connectivity index (χ0n) is 14.0. The van der Waals surface area contributed by atoms with Crippen molar-refractivity contribution in [2.75, 3.05) is 13.7 Å². The van der Waals surface area contributed by atoms with Gasteiger partial charge >= 0.3 is 5.97 Å². The van der Waals surface area contributed by atoms with Crippen LogP contribution in [-0.2, 0) is 4.79 Å². The van der Waals surface area contributed by atoms with E-state index in [4.69, 9.17) is 19.2 Å². The number of hydrogen-bond donors (Lipinski definition) is 1. The third-order valence-corrected chi connectivity index (χ3v) is 3.20. The van der Waals surface area contributed by atoms with Crippen molar-refractivity contribution in [3.8, 4) is 17.6 Å². The number of amides is 1. The maximum absolute atomic E-state index is 12.0. The van der Waals surface area contributed by atoms with Crippen molar-refractivity contribution in [3.63, 3.8) is 0 Å². The first-order valence-electron chi connectivity index (χ1n) is 7.53. The number of nitrogens with zero attached hydrogens (tertiary/aromatic N) is 1. The first-order valence-corrected chi connectivity index (χ1v) is 7.53. The summed E-state index contributed by atoms with van der Waals surface area (Å²) < 4.78 is 15.4. The van der Waals surface area contributed by atoms with Crippen LogP contribution in [0.4, 0.5) is 0 Å². The van der Waals surface area contributed by atoms with Gasteiger partial charge in [0.1, 0.15) is 11.6 Å². The highest BCUT2D eigenvalue weighted by Gasteiger charge is 2.15. The Hall–Kier alpha value is -3.79. The van der Waals surface area contributed by atoms with E-state index in [1.807, 2.05) is 6.07 Å². The van der Waals surface area contributed by atoms with E-state index >= 15 is 0 Å². The summed E-state index contributed by atoms with van der Waals surface area (Å²) in [6.45, 7) is 3.75. The fourth-order valence-electron chi connectivity index (χ4n) is 1.98. The number of carbonyl (C=O) groups is 2. The van der Waals surface area contributed by atoms with E-state index in [2.05, 4.69) is 11.9 Å². The number of methoxy groups -OCH3 is 1. The second-order valence-electron chi connectivity index (χ2n) is 4.95. The number of benzene rings is 1. The molecule has 1 amide bonds. The number of nitriles is 1. The maximum Gasteiger partial charge on any atom is 0.379 e. The highest BCUT2D eigenvalue weighted by Crippen LogP contribution is 2.29. The zero-order valence-corrected chi connectivity index (χ0v) is 14.0. The lowest BCUT2D eigenvalue weighted by Crippen LogP contribution is -2.24. The van der Waals surface area contributed by atoms with Crippen LogP contribution in [0.15, 0.2) is 59.2 Å². The molecule has 0 unspecified atom stereocenters. The third-order valence-electron chi connectivity index (χ3n) is 3.20. The quantitative estimate of drug-likeness (QED) is 0.270. The number of ether oxygens (including phenoxy) is 2. The van der Waals surface area contributed by atoms with E-state index in [1.54, 1.807) is 18.2 Å². The Morgan fingerprint density at radius 3 is 2.77 bits per heavy atom. The van der Waals surface area contributed by atoms with Crippen LogP contribution in [0.25, 0.3) is 6.08 Å². The molecule has 0 aliphatic heterocycles. The lowest BCUT2D eigenvalue weighted by Gasteiger charge is -2.09. The SMILES string of the molecule is C=CCNC(=O)/C(C#N)=C/c1ccc(OC(=O)c2ccco2)c(OC)c1. The molecule has 0 saturated heterocycles. The van der Waals surface area contributed by atoms with Gasteiger partial charge in [-0.3, -0.25) is 4.79 Å². The summed E-state index contributed by atoms with van der Waals surface area (Å²) in [5.41, 5.74) is 0.458. The van der Waals surface area contributed by atoms with E-state index < -0.39 is 11.9 Å². The number of furan rings is 1.